The third kappa shape index (κ3) is 5.41. The zero-order valence-electron chi connectivity index (χ0n) is 21.8. The molecular weight excluding hydrogens is 494 g/mol. The second kappa shape index (κ2) is 11.3. The van der Waals surface area contributed by atoms with Crippen LogP contribution in [0.3, 0.4) is 0 Å². The monoisotopic (exact) mass is 525 g/mol. The number of carbonyl (C=O) groups is 2. The molecule has 0 atom stereocenters. The van der Waals surface area contributed by atoms with E-state index in [1.807, 2.05) is 68.5 Å². The fourth-order valence-electron chi connectivity index (χ4n) is 5.37. The molecule has 2 aliphatic rings. The van der Waals surface area contributed by atoms with E-state index in [-0.39, 0.29) is 11.1 Å². The molecule has 6 nitrogen and oxygen atoms in total. The molecule has 3 aromatic rings. The summed E-state index contributed by atoms with van der Waals surface area (Å²) in [7, 11) is 0. The number of ether oxygens (including phenoxy) is 1. The third-order valence-electron chi connectivity index (χ3n) is 7.42. The lowest BCUT2D eigenvalue weighted by molar-refractivity contribution is -0.123. The Kier molecular flexibility index (Phi) is 7.71. The second-order valence-corrected chi connectivity index (χ2v) is 11.0. The molecule has 194 valence electrons. The first-order valence-corrected chi connectivity index (χ1v) is 13.9. The Labute approximate surface area is 227 Å². The number of amides is 2. The number of hydrogen-bond donors (Lipinski definition) is 0. The van der Waals surface area contributed by atoms with E-state index in [1.165, 1.54) is 24.2 Å². The van der Waals surface area contributed by atoms with E-state index < -0.39 is 0 Å². The lowest BCUT2D eigenvalue weighted by atomic mass is 9.89. The van der Waals surface area contributed by atoms with E-state index >= 15 is 0 Å². The van der Waals surface area contributed by atoms with Crippen molar-refractivity contribution in [2.45, 2.75) is 52.6 Å². The first kappa shape index (κ1) is 25.9. The summed E-state index contributed by atoms with van der Waals surface area (Å²) in [6, 6.07) is 19.5. The van der Waals surface area contributed by atoms with Crippen molar-refractivity contribution in [1.29, 1.82) is 5.26 Å². The summed E-state index contributed by atoms with van der Waals surface area (Å²) >= 11 is 1.05. The summed E-state index contributed by atoms with van der Waals surface area (Å²) in [5.41, 5.74) is 5.41. The molecule has 1 saturated heterocycles. The third-order valence-corrected chi connectivity index (χ3v) is 8.33. The van der Waals surface area contributed by atoms with Gasteiger partial charge in [-0.25, -0.2) is 0 Å². The highest BCUT2D eigenvalue weighted by atomic mass is 32.2. The number of nitrogens with zero attached hydrogens (tertiary/aromatic N) is 3. The van der Waals surface area contributed by atoms with Gasteiger partial charge in [0.25, 0.3) is 11.1 Å². The van der Waals surface area contributed by atoms with Crippen LogP contribution in [0, 0.1) is 31.1 Å². The summed E-state index contributed by atoms with van der Waals surface area (Å²) < 4.78 is 8.05. The summed E-state index contributed by atoms with van der Waals surface area (Å²) in [5, 5.41) is 9.12. The van der Waals surface area contributed by atoms with E-state index in [9.17, 15) is 14.9 Å². The van der Waals surface area contributed by atoms with Crippen molar-refractivity contribution in [3.8, 4) is 17.5 Å². The van der Waals surface area contributed by atoms with Gasteiger partial charge in [-0.15, -0.1) is 0 Å². The number of benzene rings is 2. The number of nitriles is 1. The Morgan fingerprint density at radius 1 is 1.05 bits per heavy atom. The van der Waals surface area contributed by atoms with E-state index in [0.717, 1.165) is 58.6 Å². The predicted molar refractivity (Wildman–Crippen MR) is 150 cm³/mol. The zero-order valence-corrected chi connectivity index (χ0v) is 22.6. The number of aromatic nitrogens is 1. The van der Waals surface area contributed by atoms with Gasteiger partial charge in [-0.1, -0.05) is 37.5 Å². The molecule has 38 heavy (non-hydrogen) atoms. The van der Waals surface area contributed by atoms with Crippen LogP contribution in [0.2, 0.25) is 0 Å². The molecule has 0 bridgehead atoms. The zero-order chi connectivity index (χ0) is 26.6. The van der Waals surface area contributed by atoms with Crippen LogP contribution >= 0.6 is 11.8 Å². The topological polar surface area (TPSA) is 75.3 Å². The van der Waals surface area contributed by atoms with E-state index in [2.05, 4.69) is 10.6 Å². The van der Waals surface area contributed by atoms with Crippen molar-refractivity contribution in [2.24, 2.45) is 5.92 Å². The molecule has 0 N–H and O–H groups in total. The molecular formula is C31H31N3O3S. The van der Waals surface area contributed by atoms with Crippen LogP contribution < -0.4 is 4.74 Å². The van der Waals surface area contributed by atoms with Gasteiger partial charge in [0.05, 0.1) is 16.5 Å². The smallest absolute Gasteiger partial charge is 0.293 e. The van der Waals surface area contributed by atoms with Gasteiger partial charge < -0.3 is 9.30 Å². The van der Waals surface area contributed by atoms with Crippen LogP contribution in [0.15, 0.2) is 59.5 Å². The van der Waals surface area contributed by atoms with Crippen LogP contribution in [0.5, 0.6) is 5.75 Å². The number of carbonyl (C=O) groups excluding carboxylic acids is 2. The van der Waals surface area contributed by atoms with E-state index in [4.69, 9.17) is 4.74 Å². The molecule has 2 amide bonds. The SMILES string of the molecule is Cc1cc(/C=C2/SC(=O)N(CC3CCCCC3)C2=O)c(C)n1-c1ccc(OCc2ccccc2C#N)cc1. The van der Waals surface area contributed by atoms with Crippen molar-refractivity contribution in [1.82, 2.24) is 9.47 Å². The lowest BCUT2D eigenvalue weighted by Crippen LogP contribution is -2.34. The van der Waals surface area contributed by atoms with Gasteiger partial charge in [-0.2, -0.15) is 5.26 Å². The molecule has 2 heterocycles. The summed E-state index contributed by atoms with van der Waals surface area (Å²) in [4.78, 5) is 27.7. The summed E-state index contributed by atoms with van der Waals surface area (Å²) in [6.07, 6.45) is 7.67. The van der Waals surface area contributed by atoms with Crippen molar-refractivity contribution >= 4 is 29.0 Å². The van der Waals surface area contributed by atoms with Crippen molar-refractivity contribution in [2.75, 3.05) is 6.54 Å². The quantitative estimate of drug-likeness (QED) is 0.306. The minimum absolute atomic E-state index is 0.159. The normalized spacial score (nSPS) is 17.3. The maximum atomic E-state index is 13.1. The average Bonchev–Trinajstić information content (AvgIpc) is 3.37. The van der Waals surface area contributed by atoms with E-state index in [1.54, 1.807) is 6.07 Å². The number of imide groups is 1. The van der Waals surface area contributed by atoms with Gasteiger partial charge in [-0.3, -0.25) is 14.5 Å². The Morgan fingerprint density at radius 2 is 1.79 bits per heavy atom. The minimum atomic E-state index is -0.171. The van der Waals surface area contributed by atoms with E-state index in [0.29, 0.717) is 29.5 Å². The highest BCUT2D eigenvalue weighted by Crippen LogP contribution is 2.36. The van der Waals surface area contributed by atoms with Crippen LogP contribution in [-0.2, 0) is 11.4 Å². The van der Waals surface area contributed by atoms with Crippen molar-refractivity contribution in [3.63, 3.8) is 0 Å². The number of hydrogen-bond acceptors (Lipinski definition) is 5. The van der Waals surface area contributed by atoms with Gasteiger partial charge in [0.15, 0.2) is 0 Å². The first-order chi connectivity index (χ1) is 18.4. The Morgan fingerprint density at radius 3 is 2.53 bits per heavy atom. The molecule has 1 saturated carbocycles. The second-order valence-electron chi connectivity index (χ2n) is 10.0. The Bertz CT molecular complexity index is 1430. The first-order valence-electron chi connectivity index (χ1n) is 13.1. The summed E-state index contributed by atoms with van der Waals surface area (Å²) in [6.45, 7) is 4.92. The van der Waals surface area contributed by atoms with Crippen LogP contribution in [0.4, 0.5) is 4.79 Å². The van der Waals surface area contributed by atoms with Gasteiger partial charge in [0.1, 0.15) is 12.4 Å². The largest absolute Gasteiger partial charge is 0.489 e. The molecule has 2 fully saturated rings. The maximum absolute atomic E-state index is 13.1. The number of rotatable bonds is 7. The van der Waals surface area contributed by atoms with Crippen molar-refractivity contribution in [3.05, 3.63) is 87.6 Å². The maximum Gasteiger partial charge on any atom is 0.293 e. The number of thioether (sulfide) groups is 1. The molecule has 1 aromatic heterocycles. The molecule has 5 rings (SSSR count). The van der Waals surface area contributed by atoms with Crippen LogP contribution in [-0.4, -0.2) is 27.2 Å². The van der Waals surface area contributed by atoms with Crippen molar-refractivity contribution < 1.29 is 14.3 Å². The Hall–Kier alpha value is -3.76. The average molecular weight is 526 g/mol. The molecule has 1 aliphatic heterocycles. The number of aryl methyl sites for hydroxylation is 1. The molecule has 2 aromatic carbocycles. The predicted octanol–water partition coefficient (Wildman–Crippen LogP) is 7.16. The highest BCUT2D eigenvalue weighted by molar-refractivity contribution is 8.18. The summed E-state index contributed by atoms with van der Waals surface area (Å²) in [5.74, 6) is 0.973. The van der Waals surface area contributed by atoms with Crippen LogP contribution in [0.1, 0.15) is 60.2 Å². The van der Waals surface area contributed by atoms with Gasteiger partial charge in [-0.05, 0) is 92.4 Å². The molecule has 0 radical (unpaired) electrons. The highest BCUT2D eigenvalue weighted by Gasteiger charge is 2.36. The Balaban J connectivity index is 1.30. The molecule has 7 heteroatoms. The molecule has 0 spiro atoms. The fraction of sp³-hybridized carbons (Fsp3) is 0.323. The molecule has 1 aliphatic carbocycles. The van der Waals surface area contributed by atoms with Gasteiger partial charge in [0.2, 0.25) is 0 Å². The van der Waals surface area contributed by atoms with Gasteiger partial charge in [0, 0.05) is 29.2 Å². The standard InChI is InChI=1S/C31H31N3O3S/c1-21-16-26(17-29-30(35)33(31(36)38-29)19-23-8-4-3-5-9-23)22(2)34(21)27-12-14-28(15-13-27)37-20-25-11-7-6-10-24(25)18-32/h6-7,10-17,23H,3-5,8-9,19-20H2,1-2H3/b29-17+. The fourth-order valence-corrected chi connectivity index (χ4v) is 6.20. The van der Waals surface area contributed by atoms with Crippen LogP contribution in [0.25, 0.3) is 11.8 Å². The lowest BCUT2D eigenvalue weighted by Gasteiger charge is -2.25. The molecule has 0 unspecified atom stereocenters. The minimum Gasteiger partial charge on any atom is -0.489 e. The van der Waals surface area contributed by atoms with Gasteiger partial charge >= 0.3 is 0 Å².